The van der Waals surface area contributed by atoms with Gasteiger partial charge in [-0.25, -0.2) is 5.43 Å². The first kappa shape index (κ1) is 19.5. The number of nitrogens with one attached hydrogen (secondary N) is 1. The van der Waals surface area contributed by atoms with Crippen LogP contribution in [0.1, 0.15) is 18.9 Å². The van der Waals surface area contributed by atoms with Gasteiger partial charge >= 0.3 is 0 Å². The summed E-state index contributed by atoms with van der Waals surface area (Å²) in [5.41, 5.74) is 3.22. The van der Waals surface area contributed by atoms with Crippen molar-refractivity contribution in [3.05, 3.63) is 57.0 Å². The quantitative estimate of drug-likeness (QED) is 0.456. The molecule has 0 aromatic heterocycles. The smallest absolute Gasteiger partial charge is 0.277 e. The lowest BCUT2D eigenvalue weighted by Gasteiger charge is -2.08. The van der Waals surface area contributed by atoms with Crippen LogP contribution in [0.2, 0.25) is 0 Å². The Labute approximate surface area is 163 Å². The van der Waals surface area contributed by atoms with Gasteiger partial charge in [-0.2, -0.15) is 5.10 Å². The topological polar surface area (TPSA) is 59.9 Å². The third-order valence-corrected chi connectivity index (χ3v) is 4.17. The SMILES string of the molecule is CCCOc1ccc(Br)cc1C=NNC(=O)COc1ccccc1Br. The monoisotopic (exact) mass is 468 g/mol. The summed E-state index contributed by atoms with van der Waals surface area (Å²) in [5.74, 6) is 0.967. The second-order valence-electron chi connectivity index (χ2n) is 5.04. The summed E-state index contributed by atoms with van der Waals surface area (Å²) in [4.78, 5) is 11.8. The molecule has 0 atom stereocenters. The number of hydrazone groups is 1. The molecule has 0 unspecified atom stereocenters. The third-order valence-electron chi connectivity index (χ3n) is 3.02. The number of carbonyl (C=O) groups excluding carboxylic acids is 1. The Bertz CT molecular complexity index is 751. The first-order valence-electron chi connectivity index (χ1n) is 7.71. The summed E-state index contributed by atoms with van der Waals surface area (Å²) in [5, 5.41) is 3.97. The molecule has 0 saturated heterocycles. The number of amides is 1. The van der Waals surface area contributed by atoms with Crippen LogP contribution in [-0.2, 0) is 4.79 Å². The second-order valence-corrected chi connectivity index (χ2v) is 6.81. The summed E-state index contributed by atoms with van der Waals surface area (Å²) >= 11 is 6.77. The number of benzene rings is 2. The largest absolute Gasteiger partial charge is 0.493 e. The number of ether oxygens (including phenoxy) is 2. The number of halogens is 2. The molecular formula is C18H18Br2N2O3. The van der Waals surface area contributed by atoms with Crippen LogP contribution in [0, 0.1) is 0 Å². The van der Waals surface area contributed by atoms with E-state index in [1.165, 1.54) is 0 Å². The van der Waals surface area contributed by atoms with E-state index in [0.29, 0.717) is 18.1 Å². The number of hydrogen-bond acceptors (Lipinski definition) is 4. The molecule has 0 heterocycles. The second kappa shape index (κ2) is 10.2. The van der Waals surface area contributed by atoms with Crippen LogP contribution >= 0.6 is 31.9 Å². The van der Waals surface area contributed by atoms with Gasteiger partial charge in [0, 0.05) is 10.0 Å². The fourth-order valence-corrected chi connectivity index (χ4v) is 2.65. The van der Waals surface area contributed by atoms with Gasteiger partial charge in [0.1, 0.15) is 11.5 Å². The average Bonchev–Trinajstić information content (AvgIpc) is 2.60. The van der Waals surface area contributed by atoms with Gasteiger partial charge in [-0.1, -0.05) is 35.0 Å². The molecule has 1 amide bonds. The van der Waals surface area contributed by atoms with Gasteiger partial charge in [-0.05, 0) is 52.7 Å². The molecule has 0 bridgehead atoms. The molecule has 132 valence electrons. The maximum absolute atomic E-state index is 11.8. The van der Waals surface area contributed by atoms with Crippen molar-refractivity contribution >= 4 is 44.0 Å². The van der Waals surface area contributed by atoms with Crippen LogP contribution in [0.4, 0.5) is 0 Å². The molecule has 0 aliphatic heterocycles. The standard InChI is InChI=1S/C18H18Br2N2O3/c1-2-9-24-16-8-7-14(19)10-13(16)11-21-22-18(23)12-25-17-6-4-3-5-15(17)20/h3-8,10-11H,2,9,12H2,1H3,(H,22,23). The van der Waals surface area contributed by atoms with Crippen molar-refractivity contribution < 1.29 is 14.3 Å². The predicted molar refractivity (Wildman–Crippen MR) is 105 cm³/mol. The van der Waals surface area contributed by atoms with Gasteiger partial charge in [-0.3, -0.25) is 4.79 Å². The van der Waals surface area contributed by atoms with Crippen molar-refractivity contribution in [2.75, 3.05) is 13.2 Å². The van der Waals surface area contributed by atoms with Gasteiger partial charge in [0.05, 0.1) is 17.3 Å². The number of nitrogens with zero attached hydrogens (tertiary/aromatic N) is 1. The number of carbonyl (C=O) groups is 1. The van der Waals surface area contributed by atoms with E-state index in [-0.39, 0.29) is 12.5 Å². The van der Waals surface area contributed by atoms with Crippen LogP contribution in [0.3, 0.4) is 0 Å². The lowest BCUT2D eigenvalue weighted by Crippen LogP contribution is -2.24. The Morgan fingerprint density at radius 3 is 2.72 bits per heavy atom. The first-order chi connectivity index (χ1) is 12.1. The highest BCUT2D eigenvalue weighted by molar-refractivity contribution is 9.10. The van der Waals surface area contributed by atoms with E-state index in [2.05, 4.69) is 42.4 Å². The van der Waals surface area contributed by atoms with E-state index in [4.69, 9.17) is 9.47 Å². The summed E-state index contributed by atoms with van der Waals surface area (Å²) in [7, 11) is 0. The highest BCUT2D eigenvalue weighted by Crippen LogP contribution is 2.23. The highest BCUT2D eigenvalue weighted by Gasteiger charge is 2.05. The van der Waals surface area contributed by atoms with Crippen molar-refractivity contribution in [1.82, 2.24) is 5.43 Å². The summed E-state index contributed by atoms with van der Waals surface area (Å²) in [6, 6.07) is 13.0. The number of rotatable bonds is 8. The zero-order chi connectivity index (χ0) is 18.1. The average molecular weight is 470 g/mol. The normalized spacial score (nSPS) is 10.7. The third kappa shape index (κ3) is 6.51. The van der Waals surface area contributed by atoms with Crippen LogP contribution in [0.5, 0.6) is 11.5 Å². The van der Waals surface area contributed by atoms with Crippen molar-refractivity contribution in [1.29, 1.82) is 0 Å². The lowest BCUT2D eigenvalue weighted by molar-refractivity contribution is -0.123. The maximum Gasteiger partial charge on any atom is 0.277 e. The zero-order valence-corrected chi connectivity index (χ0v) is 16.8. The van der Waals surface area contributed by atoms with Gasteiger partial charge in [0.25, 0.3) is 5.91 Å². The molecule has 2 rings (SSSR count). The molecule has 0 aliphatic carbocycles. The van der Waals surface area contributed by atoms with E-state index < -0.39 is 0 Å². The summed E-state index contributed by atoms with van der Waals surface area (Å²) < 4.78 is 12.8. The van der Waals surface area contributed by atoms with Crippen molar-refractivity contribution in [2.45, 2.75) is 13.3 Å². The minimum absolute atomic E-state index is 0.127. The predicted octanol–water partition coefficient (Wildman–Crippen LogP) is 4.53. The molecule has 5 nitrogen and oxygen atoms in total. The van der Waals surface area contributed by atoms with Gasteiger partial charge < -0.3 is 9.47 Å². The minimum Gasteiger partial charge on any atom is -0.493 e. The maximum atomic E-state index is 11.8. The van der Waals surface area contributed by atoms with Crippen molar-refractivity contribution in [3.8, 4) is 11.5 Å². The molecule has 0 radical (unpaired) electrons. The van der Waals surface area contributed by atoms with E-state index in [1.807, 2.05) is 43.3 Å². The van der Waals surface area contributed by atoms with Crippen molar-refractivity contribution in [3.63, 3.8) is 0 Å². The molecule has 7 heteroatoms. The minimum atomic E-state index is -0.349. The molecule has 0 saturated carbocycles. The van der Waals surface area contributed by atoms with Crippen LogP contribution in [-0.4, -0.2) is 25.3 Å². The number of hydrogen-bond donors (Lipinski definition) is 1. The molecule has 25 heavy (non-hydrogen) atoms. The van der Waals surface area contributed by atoms with Crippen LogP contribution in [0.15, 0.2) is 56.5 Å². The van der Waals surface area contributed by atoms with Gasteiger partial charge in [0.2, 0.25) is 0 Å². The Kier molecular flexibility index (Phi) is 7.94. The molecule has 0 aliphatic rings. The molecule has 2 aromatic rings. The van der Waals surface area contributed by atoms with Gasteiger partial charge in [0.15, 0.2) is 6.61 Å². The zero-order valence-electron chi connectivity index (χ0n) is 13.7. The Balaban J connectivity index is 1.90. The fraction of sp³-hybridized carbons (Fsp3) is 0.222. The highest BCUT2D eigenvalue weighted by atomic mass is 79.9. The first-order valence-corrected chi connectivity index (χ1v) is 9.30. The lowest BCUT2D eigenvalue weighted by atomic mass is 10.2. The van der Waals surface area contributed by atoms with E-state index in [1.54, 1.807) is 12.3 Å². The fourth-order valence-electron chi connectivity index (χ4n) is 1.87. The molecule has 0 spiro atoms. The van der Waals surface area contributed by atoms with E-state index in [0.717, 1.165) is 20.9 Å². The molecule has 0 fully saturated rings. The van der Waals surface area contributed by atoms with E-state index in [9.17, 15) is 4.79 Å². The summed E-state index contributed by atoms with van der Waals surface area (Å²) in [6.45, 7) is 2.53. The molecular weight excluding hydrogens is 452 g/mol. The van der Waals surface area contributed by atoms with Crippen molar-refractivity contribution in [2.24, 2.45) is 5.10 Å². The van der Waals surface area contributed by atoms with Gasteiger partial charge in [-0.15, -0.1) is 0 Å². The van der Waals surface area contributed by atoms with E-state index >= 15 is 0 Å². The van der Waals surface area contributed by atoms with Crippen LogP contribution < -0.4 is 14.9 Å². The molecule has 2 aromatic carbocycles. The number of para-hydroxylation sites is 1. The molecule has 1 N–H and O–H groups in total. The van der Waals surface area contributed by atoms with Crippen LogP contribution in [0.25, 0.3) is 0 Å². The Morgan fingerprint density at radius 1 is 1.16 bits per heavy atom. The Morgan fingerprint density at radius 2 is 1.96 bits per heavy atom. The summed E-state index contributed by atoms with van der Waals surface area (Å²) in [6.07, 6.45) is 2.46. The Hall–Kier alpha value is -1.86.